The van der Waals surface area contributed by atoms with E-state index in [1.165, 1.54) is 0 Å². The number of nitrogens with zero attached hydrogens (tertiary/aromatic N) is 1. The van der Waals surface area contributed by atoms with Gasteiger partial charge < -0.3 is 14.9 Å². The maximum atomic E-state index is 12.6. The zero-order valence-electron chi connectivity index (χ0n) is 14.8. The summed E-state index contributed by atoms with van der Waals surface area (Å²) in [7, 11) is 0. The lowest BCUT2D eigenvalue weighted by Crippen LogP contribution is -2.14. The zero-order valence-corrected chi connectivity index (χ0v) is 15.5. The Morgan fingerprint density at radius 2 is 1.85 bits per heavy atom. The number of aliphatic hydroxyl groups excluding tert-OH is 1. The van der Waals surface area contributed by atoms with Gasteiger partial charge in [-0.15, -0.1) is 0 Å². The standard InChI is InChI=1S/C20H19ClN2O3/c1-11-4-5-16(21)15(6-11)18-9-17(23-26-18)20(25)22-19-12(2)7-14(10-24)8-13(19)3/h4-9,24H,10H2,1-3H3,(H,22,25). The lowest BCUT2D eigenvalue weighted by atomic mass is 10.0. The smallest absolute Gasteiger partial charge is 0.277 e. The van der Waals surface area contributed by atoms with E-state index in [1.54, 1.807) is 12.1 Å². The third kappa shape index (κ3) is 3.64. The summed E-state index contributed by atoms with van der Waals surface area (Å²) in [5.74, 6) is 0.0691. The highest BCUT2D eigenvalue weighted by molar-refractivity contribution is 6.33. The number of nitrogens with one attached hydrogen (secondary N) is 1. The number of carbonyl (C=O) groups is 1. The van der Waals surface area contributed by atoms with Crippen LogP contribution in [0.3, 0.4) is 0 Å². The molecule has 0 unspecified atom stereocenters. The largest absolute Gasteiger partial charge is 0.392 e. The van der Waals surface area contributed by atoms with Crippen molar-refractivity contribution < 1.29 is 14.4 Å². The summed E-state index contributed by atoms with van der Waals surface area (Å²) in [4.78, 5) is 12.6. The number of hydrogen-bond acceptors (Lipinski definition) is 4. The highest BCUT2D eigenvalue weighted by Crippen LogP contribution is 2.30. The monoisotopic (exact) mass is 370 g/mol. The normalized spacial score (nSPS) is 10.8. The van der Waals surface area contributed by atoms with Crippen LogP contribution >= 0.6 is 11.6 Å². The molecule has 0 saturated carbocycles. The lowest BCUT2D eigenvalue weighted by Gasteiger charge is -2.12. The minimum absolute atomic E-state index is 0.0419. The van der Waals surface area contributed by atoms with Gasteiger partial charge in [-0.3, -0.25) is 4.79 Å². The summed E-state index contributed by atoms with van der Waals surface area (Å²) in [6, 6.07) is 10.8. The quantitative estimate of drug-likeness (QED) is 0.700. The van der Waals surface area contributed by atoms with E-state index in [4.69, 9.17) is 16.1 Å². The minimum atomic E-state index is -0.369. The number of carbonyl (C=O) groups excluding carboxylic acids is 1. The van der Waals surface area contributed by atoms with Crippen molar-refractivity contribution in [3.05, 3.63) is 69.4 Å². The third-order valence-corrected chi connectivity index (χ3v) is 4.47. The maximum absolute atomic E-state index is 12.6. The Labute approximate surface area is 156 Å². The van der Waals surface area contributed by atoms with Crippen molar-refractivity contribution in [2.75, 3.05) is 5.32 Å². The Bertz CT molecular complexity index is 956. The van der Waals surface area contributed by atoms with Crippen LogP contribution in [-0.2, 0) is 6.61 Å². The molecule has 0 bridgehead atoms. The first kappa shape index (κ1) is 18.2. The van der Waals surface area contributed by atoms with E-state index >= 15 is 0 Å². The van der Waals surface area contributed by atoms with Crippen LogP contribution in [0.15, 0.2) is 40.9 Å². The molecular formula is C20H19ClN2O3. The van der Waals surface area contributed by atoms with Gasteiger partial charge in [-0.2, -0.15) is 0 Å². The second kappa shape index (κ2) is 7.32. The molecule has 0 aliphatic carbocycles. The van der Waals surface area contributed by atoms with Crippen molar-refractivity contribution in [3.63, 3.8) is 0 Å². The molecule has 0 radical (unpaired) electrons. The molecule has 0 atom stereocenters. The Morgan fingerprint density at radius 3 is 2.50 bits per heavy atom. The summed E-state index contributed by atoms with van der Waals surface area (Å²) >= 11 is 6.21. The van der Waals surface area contributed by atoms with Crippen LogP contribution in [-0.4, -0.2) is 16.2 Å². The molecule has 1 heterocycles. The zero-order chi connectivity index (χ0) is 18.8. The average Bonchev–Trinajstić information content (AvgIpc) is 3.09. The Balaban J connectivity index is 1.86. The molecule has 134 valence electrons. The number of anilines is 1. The second-order valence-corrected chi connectivity index (χ2v) is 6.68. The van der Waals surface area contributed by atoms with Crippen LogP contribution in [0.4, 0.5) is 5.69 Å². The molecular weight excluding hydrogens is 352 g/mol. The molecule has 0 saturated heterocycles. The SMILES string of the molecule is Cc1ccc(Cl)c(-c2cc(C(=O)Nc3c(C)cc(CO)cc3C)no2)c1. The first-order valence-electron chi connectivity index (χ1n) is 8.14. The predicted molar refractivity (Wildman–Crippen MR) is 101 cm³/mol. The van der Waals surface area contributed by atoms with E-state index in [9.17, 15) is 9.90 Å². The van der Waals surface area contributed by atoms with Gasteiger partial charge in [0.05, 0.1) is 11.6 Å². The van der Waals surface area contributed by atoms with Crippen molar-refractivity contribution in [2.45, 2.75) is 27.4 Å². The van der Waals surface area contributed by atoms with E-state index in [1.807, 2.05) is 45.0 Å². The van der Waals surface area contributed by atoms with Crippen molar-refractivity contribution >= 4 is 23.2 Å². The van der Waals surface area contributed by atoms with Crippen LogP contribution in [0.1, 0.15) is 32.7 Å². The van der Waals surface area contributed by atoms with Gasteiger partial charge in [-0.25, -0.2) is 0 Å². The van der Waals surface area contributed by atoms with E-state index in [-0.39, 0.29) is 18.2 Å². The molecule has 3 rings (SSSR count). The van der Waals surface area contributed by atoms with Crippen LogP contribution in [0.25, 0.3) is 11.3 Å². The van der Waals surface area contributed by atoms with Gasteiger partial charge in [0.15, 0.2) is 11.5 Å². The fourth-order valence-corrected chi connectivity index (χ4v) is 3.07. The summed E-state index contributed by atoms with van der Waals surface area (Å²) in [5.41, 5.74) is 5.13. The number of aryl methyl sites for hydroxylation is 3. The molecule has 0 aliphatic heterocycles. The van der Waals surface area contributed by atoms with Crippen molar-refractivity contribution in [1.29, 1.82) is 0 Å². The van der Waals surface area contributed by atoms with E-state index in [0.717, 1.165) is 22.3 Å². The highest BCUT2D eigenvalue weighted by Gasteiger charge is 2.17. The van der Waals surface area contributed by atoms with Gasteiger partial charge in [0, 0.05) is 17.3 Å². The van der Waals surface area contributed by atoms with Crippen LogP contribution in [0.2, 0.25) is 5.02 Å². The van der Waals surface area contributed by atoms with Crippen LogP contribution < -0.4 is 5.32 Å². The molecule has 0 fully saturated rings. The third-order valence-electron chi connectivity index (χ3n) is 4.14. The topological polar surface area (TPSA) is 75.4 Å². The number of halogens is 1. The summed E-state index contributed by atoms with van der Waals surface area (Å²) in [5, 5.41) is 16.5. The van der Waals surface area contributed by atoms with E-state index in [0.29, 0.717) is 22.0 Å². The molecule has 26 heavy (non-hydrogen) atoms. The fourth-order valence-electron chi connectivity index (χ4n) is 2.86. The number of aromatic nitrogens is 1. The molecule has 2 N–H and O–H groups in total. The van der Waals surface area contributed by atoms with Crippen molar-refractivity contribution in [3.8, 4) is 11.3 Å². The van der Waals surface area contributed by atoms with E-state index in [2.05, 4.69) is 10.5 Å². The minimum Gasteiger partial charge on any atom is -0.392 e. The lowest BCUT2D eigenvalue weighted by molar-refractivity contribution is 0.101. The van der Waals surface area contributed by atoms with Crippen LogP contribution in [0.5, 0.6) is 0 Å². The summed E-state index contributed by atoms with van der Waals surface area (Å²) in [6.07, 6.45) is 0. The van der Waals surface area contributed by atoms with Gasteiger partial charge in [0.25, 0.3) is 5.91 Å². The molecule has 1 aromatic heterocycles. The summed E-state index contributed by atoms with van der Waals surface area (Å²) < 4.78 is 5.31. The molecule has 5 nitrogen and oxygen atoms in total. The van der Waals surface area contributed by atoms with Crippen LogP contribution in [0, 0.1) is 20.8 Å². The number of benzene rings is 2. The molecule has 1 amide bonds. The van der Waals surface area contributed by atoms with Gasteiger partial charge in [0.2, 0.25) is 0 Å². The Morgan fingerprint density at radius 1 is 1.15 bits per heavy atom. The molecule has 0 spiro atoms. The van der Waals surface area contributed by atoms with Gasteiger partial charge in [0.1, 0.15) is 0 Å². The Kier molecular flexibility index (Phi) is 5.11. The van der Waals surface area contributed by atoms with Gasteiger partial charge >= 0.3 is 0 Å². The fraction of sp³-hybridized carbons (Fsp3) is 0.200. The Hall–Kier alpha value is -2.63. The first-order valence-corrected chi connectivity index (χ1v) is 8.52. The van der Waals surface area contributed by atoms with Crippen molar-refractivity contribution in [2.24, 2.45) is 0 Å². The number of aliphatic hydroxyl groups is 1. The maximum Gasteiger partial charge on any atom is 0.277 e. The predicted octanol–water partition coefficient (Wildman–Crippen LogP) is 4.66. The molecule has 6 heteroatoms. The first-order chi connectivity index (χ1) is 12.4. The number of rotatable bonds is 4. The number of amides is 1. The van der Waals surface area contributed by atoms with Gasteiger partial charge in [-0.05, 0) is 49.6 Å². The van der Waals surface area contributed by atoms with Crippen molar-refractivity contribution in [1.82, 2.24) is 5.16 Å². The second-order valence-electron chi connectivity index (χ2n) is 6.28. The molecule has 2 aromatic carbocycles. The molecule has 0 aliphatic rings. The van der Waals surface area contributed by atoms with E-state index < -0.39 is 0 Å². The highest BCUT2D eigenvalue weighted by atomic mass is 35.5. The molecule has 3 aromatic rings. The number of hydrogen-bond donors (Lipinski definition) is 2. The summed E-state index contributed by atoms with van der Waals surface area (Å²) in [6.45, 7) is 5.66. The average molecular weight is 371 g/mol. The van der Waals surface area contributed by atoms with Gasteiger partial charge in [-0.1, -0.05) is 40.5 Å².